The molecule has 21 heavy (non-hydrogen) atoms. The van der Waals surface area contributed by atoms with Crippen molar-refractivity contribution in [3.63, 3.8) is 0 Å². The summed E-state index contributed by atoms with van der Waals surface area (Å²) in [6.45, 7) is 5.69. The Morgan fingerprint density at radius 1 is 1.38 bits per heavy atom. The van der Waals surface area contributed by atoms with Gasteiger partial charge in [0.05, 0.1) is 0 Å². The zero-order chi connectivity index (χ0) is 16.0. The third-order valence-corrected chi connectivity index (χ3v) is 3.08. The summed E-state index contributed by atoms with van der Waals surface area (Å²) in [5, 5.41) is 11.3. The van der Waals surface area contributed by atoms with Crippen LogP contribution in [0.15, 0.2) is 18.2 Å². The van der Waals surface area contributed by atoms with E-state index in [1.807, 2.05) is 13.8 Å². The lowest BCUT2D eigenvalue weighted by Gasteiger charge is -2.27. The van der Waals surface area contributed by atoms with Gasteiger partial charge in [-0.2, -0.15) is 0 Å². The van der Waals surface area contributed by atoms with Crippen LogP contribution < -0.4 is 5.32 Å². The van der Waals surface area contributed by atoms with Gasteiger partial charge >= 0.3 is 12.0 Å². The number of hydrogen-bond donors (Lipinski definition) is 2. The monoisotopic (exact) mass is 296 g/mol. The van der Waals surface area contributed by atoms with Crippen molar-refractivity contribution in [3.05, 3.63) is 29.6 Å². The third kappa shape index (κ3) is 5.41. The highest BCUT2D eigenvalue weighted by Gasteiger charge is 2.17. The average Bonchev–Trinajstić information content (AvgIpc) is 2.38. The van der Waals surface area contributed by atoms with Crippen molar-refractivity contribution in [2.75, 3.05) is 11.9 Å². The number of amides is 2. The molecule has 0 aliphatic heterocycles. The molecule has 0 saturated heterocycles. The van der Waals surface area contributed by atoms with E-state index in [9.17, 15) is 14.0 Å². The van der Waals surface area contributed by atoms with Gasteiger partial charge in [-0.15, -0.1) is 0 Å². The van der Waals surface area contributed by atoms with Crippen molar-refractivity contribution in [3.8, 4) is 0 Å². The first-order chi connectivity index (χ1) is 9.81. The zero-order valence-electron chi connectivity index (χ0n) is 12.5. The predicted octanol–water partition coefficient (Wildman–Crippen LogP) is 3.24. The molecule has 0 spiro atoms. The number of carboxylic acids is 1. The van der Waals surface area contributed by atoms with Crippen molar-refractivity contribution >= 4 is 17.7 Å². The molecule has 0 atom stereocenters. The van der Waals surface area contributed by atoms with E-state index < -0.39 is 5.97 Å². The number of benzene rings is 1. The van der Waals surface area contributed by atoms with Gasteiger partial charge in [0, 0.05) is 24.7 Å². The van der Waals surface area contributed by atoms with Gasteiger partial charge in [0.2, 0.25) is 0 Å². The predicted molar refractivity (Wildman–Crippen MR) is 78.9 cm³/mol. The number of halogens is 1. The smallest absolute Gasteiger partial charge is 0.322 e. The number of urea groups is 1. The molecule has 0 aliphatic rings. The molecule has 0 radical (unpaired) electrons. The highest BCUT2D eigenvalue weighted by Crippen LogP contribution is 2.15. The number of nitrogens with zero attached hydrogens (tertiary/aromatic N) is 1. The second kappa shape index (κ2) is 7.61. The van der Waals surface area contributed by atoms with Gasteiger partial charge in [-0.25, -0.2) is 9.18 Å². The molecule has 5 nitrogen and oxygen atoms in total. The Labute approximate surface area is 123 Å². The Bertz CT molecular complexity index is 518. The van der Waals surface area contributed by atoms with E-state index in [0.29, 0.717) is 24.2 Å². The molecule has 6 heteroatoms. The number of hydrogen-bond acceptors (Lipinski definition) is 2. The van der Waals surface area contributed by atoms with E-state index >= 15 is 0 Å². The Balaban J connectivity index is 2.67. The maximum atomic E-state index is 13.2. The van der Waals surface area contributed by atoms with Crippen LogP contribution in [0.25, 0.3) is 0 Å². The standard InChI is InChI=1S/C15H21FN2O3/c1-10(2)18(8-4-5-14(19)20)15(21)17-12-6-7-13(16)11(3)9-12/h6-7,9-10H,4-5,8H2,1-3H3,(H,17,21)(H,19,20). The molecule has 0 bridgehead atoms. The zero-order valence-corrected chi connectivity index (χ0v) is 12.5. The van der Waals surface area contributed by atoms with E-state index in [2.05, 4.69) is 5.32 Å². The highest BCUT2D eigenvalue weighted by atomic mass is 19.1. The topological polar surface area (TPSA) is 69.6 Å². The lowest BCUT2D eigenvalue weighted by molar-refractivity contribution is -0.137. The number of carbonyl (C=O) groups excluding carboxylic acids is 1. The number of rotatable bonds is 6. The van der Waals surface area contributed by atoms with Crippen LogP contribution >= 0.6 is 0 Å². The largest absolute Gasteiger partial charge is 0.481 e. The third-order valence-electron chi connectivity index (χ3n) is 3.08. The van der Waals surface area contributed by atoms with E-state index in [-0.39, 0.29) is 24.3 Å². The molecular formula is C15H21FN2O3. The summed E-state index contributed by atoms with van der Waals surface area (Å²) < 4.78 is 13.2. The number of aliphatic carboxylic acids is 1. The summed E-state index contributed by atoms with van der Waals surface area (Å²) >= 11 is 0. The fraction of sp³-hybridized carbons (Fsp3) is 0.467. The van der Waals surface area contributed by atoms with E-state index in [0.717, 1.165) is 0 Å². The Hall–Kier alpha value is -2.11. The average molecular weight is 296 g/mol. The number of nitrogens with one attached hydrogen (secondary N) is 1. The molecule has 0 heterocycles. The Kier molecular flexibility index (Phi) is 6.14. The molecule has 0 aromatic heterocycles. The van der Waals surface area contributed by atoms with Crippen LogP contribution in [0.1, 0.15) is 32.3 Å². The van der Waals surface area contributed by atoms with Crippen LogP contribution in [-0.2, 0) is 4.79 Å². The van der Waals surface area contributed by atoms with Crippen LogP contribution in [0.3, 0.4) is 0 Å². The van der Waals surface area contributed by atoms with E-state index in [1.165, 1.54) is 12.1 Å². The Morgan fingerprint density at radius 3 is 2.57 bits per heavy atom. The summed E-state index contributed by atoms with van der Waals surface area (Å²) in [5.74, 6) is -1.21. The number of anilines is 1. The molecule has 2 amide bonds. The SMILES string of the molecule is Cc1cc(NC(=O)N(CCCC(=O)O)C(C)C)ccc1F. The van der Waals surface area contributed by atoms with Crippen molar-refractivity contribution < 1.29 is 19.1 Å². The molecule has 2 N–H and O–H groups in total. The molecule has 0 saturated carbocycles. The number of carbonyl (C=O) groups is 2. The van der Waals surface area contributed by atoms with Gasteiger partial charge in [0.15, 0.2) is 0 Å². The van der Waals surface area contributed by atoms with Gasteiger partial charge in [-0.05, 0) is 51.0 Å². The summed E-state index contributed by atoms with van der Waals surface area (Å²) in [6, 6.07) is 3.98. The lowest BCUT2D eigenvalue weighted by atomic mass is 10.2. The van der Waals surface area contributed by atoms with Gasteiger partial charge in [0.1, 0.15) is 5.82 Å². The maximum absolute atomic E-state index is 13.2. The fourth-order valence-electron chi connectivity index (χ4n) is 1.91. The van der Waals surface area contributed by atoms with Crippen molar-refractivity contribution in [1.29, 1.82) is 0 Å². The first kappa shape index (κ1) is 16.9. The second-order valence-corrected chi connectivity index (χ2v) is 5.18. The summed E-state index contributed by atoms with van der Waals surface area (Å²) in [7, 11) is 0. The Morgan fingerprint density at radius 2 is 2.05 bits per heavy atom. The summed E-state index contributed by atoms with van der Waals surface area (Å²) in [4.78, 5) is 24.3. The minimum absolute atomic E-state index is 0.0200. The number of carboxylic acid groups (broad SMARTS) is 1. The van der Waals surface area contributed by atoms with E-state index in [1.54, 1.807) is 17.9 Å². The fourth-order valence-corrected chi connectivity index (χ4v) is 1.91. The van der Waals surface area contributed by atoms with Gasteiger partial charge < -0.3 is 15.3 Å². The normalized spacial score (nSPS) is 10.5. The van der Waals surface area contributed by atoms with E-state index in [4.69, 9.17) is 5.11 Å². The molecule has 116 valence electrons. The highest BCUT2D eigenvalue weighted by molar-refractivity contribution is 5.89. The van der Waals surface area contributed by atoms with Gasteiger partial charge in [0.25, 0.3) is 0 Å². The summed E-state index contributed by atoms with van der Waals surface area (Å²) in [6.07, 6.45) is 0.412. The molecule has 0 aliphatic carbocycles. The van der Waals surface area contributed by atoms with Crippen LogP contribution in [0, 0.1) is 12.7 Å². The first-order valence-electron chi connectivity index (χ1n) is 6.87. The van der Waals surface area contributed by atoms with Crippen molar-refractivity contribution in [1.82, 2.24) is 4.90 Å². The second-order valence-electron chi connectivity index (χ2n) is 5.18. The van der Waals surface area contributed by atoms with Gasteiger partial charge in [-0.3, -0.25) is 4.79 Å². The molecule has 0 fully saturated rings. The molecular weight excluding hydrogens is 275 g/mol. The first-order valence-corrected chi connectivity index (χ1v) is 6.87. The minimum atomic E-state index is -0.881. The van der Waals surface area contributed by atoms with Gasteiger partial charge in [-0.1, -0.05) is 0 Å². The summed E-state index contributed by atoms with van der Waals surface area (Å²) in [5.41, 5.74) is 0.970. The van der Waals surface area contributed by atoms with Crippen LogP contribution in [0.2, 0.25) is 0 Å². The van der Waals surface area contributed by atoms with Crippen molar-refractivity contribution in [2.45, 2.75) is 39.7 Å². The molecule has 1 rings (SSSR count). The molecule has 1 aromatic carbocycles. The van der Waals surface area contributed by atoms with Crippen LogP contribution in [0.5, 0.6) is 0 Å². The van der Waals surface area contributed by atoms with Crippen LogP contribution in [-0.4, -0.2) is 34.6 Å². The van der Waals surface area contributed by atoms with Crippen molar-refractivity contribution in [2.24, 2.45) is 0 Å². The maximum Gasteiger partial charge on any atom is 0.322 e. The van der Waals surface area contributed by atoms with Crippen LogP contribution in [0.4, 0.5) is 14.9 Å². The molecule has 1 aromatic rings. The minimum Gasteiger partial charge on any atom is -0.481 e. The number of aryl methyl sites for hydroxylation is 1. The quantitative estimate of drug-likeness (QED) is 0.846. The molecule has 0 unspecified atom stereocenters. The lowest BCUT2D eigenvalue weighted by Crippen LogP contribution is -2.40.